The highest BCUT2D eigenvalue weighted by atomic mass is 16.5. The zero-order chi connectivity index (χ0) is 8.53. The Hall–Kier alpha value is -0.710. The number of hydrogen-bond acceptors (Lipinski definition) is 2. The lowest BCUT2D eigenvalue weighted by molar-refractivity contribution is 0.213. The van der Waals surface area contributed by atoms with Gasteiger partial charge in [0.25, 0.3) is 6.26 Å². The Morgan fingerprint density at radius 3 is 2.36 bits per heavy atom. The van der Waals surface area contributed by atoms with Crippen LogP contribution in [-0.4, -0.2) is 6.61 Å². The van der Waals surface area contributed by atoms with E-state index in [2.05, 4.69) is 4.74 Å². The van der Waals surface area contributed by atoms with Crippen LogP contribution in [-0.2, 0) is 4.74 Å². The van der Waals surface area contributed by atoms with Gasteiger partial charge in [-0.1, -0.05) is 26.7 Å². The summed E-state index contributed by atoms with van der Waals surface area (Å²) in [6.45, 7) is 4.65. The predicted molar refractivity (Wildman–Crippen MR) is 44.9 cm³/mol. The molecule has 1 aliphatic carbocycles. The summed E-state index contributed by atoms with van der Waals surface area (Å²) in [6.07, 6.45) is 6.84. The zero-order valence-electron chi connectivity index (χ0n) is 7.47. The quantitative estimate of drug-likeness (QED) is 0.574. The van der Waals surface area contributed by atoms with Crippen LogP contribution in [0.5, 0.6) is 0 Å². The first-order valence-corrected chi connectivity index (χ1v) is 4.44. The number of nitriles is 1. The molecule has 1 fully saturated rings. The maximum Gasteiger partial charge on any atom is 0.286 e. The molecule has 1 rings (SSSR count). The van der Waals surface area contributed by atoms with Crippen LogP contribution < -0.4 is 0 Å². The van der Waals surface area contributed by atoms with E-state index in [0.29, 0.717) is 12.5 Å². The largest absolute Gasteiger partial charge is 0.427 e. The van der Waals surface area contributed by atoms with Crippen LogP contribution in [0.15, 0.2) is 0 Å². The first kappa shape index (κ1) is 10.3. The molecular formula is C9H17NO. The Balaban J connectivity index is 0.000000461. The third kappa shape index (κ3) is 4.66. The molecule has 0 radical (unpaired) electrons. The molecule has 1 saturated carbocycles. The van der Waals surface area contributed by atoms with E-state index in [-0.39, 0.29) is 0 Å². The maximum atomic E-state index is 8.05. The average molecular weight is 155 g/mol. The van der Waals surface area contributed by atoms with Gasteiger partial charge in [0.05, 0.1) is 0 Å². The van der Waals surface area contributed by atoms with Gasteiger partial charge in [-0.3, -0.25) is 0 Å². The van der Waals surface area contributed by atoms with Crippen molar-refractivity contribution in [3.8, 4) is 6.26 Å². The summed E-state index contributed by atoms with van der Waals surface area (Å²) in [6, 6.07) is 0. The van der Waals surface area contributed by atoms with E-state index in [0.717, 1.165) is 0 Å². The molecule has 0 bridgehead atoms. The molecule has 0 heterocycles. The van der Waals surface area contributed by atoms with Crippen LogP contribution >= 0.6 is 0 Å². The molecule has 0 aliphatic heterocycles. The monoisotopic (exact) mass is 155 g/mol. The van der Waals surface area contributed by atoms with Crippen molar-refractivity contribution in [3.63, 3.8) is 0 Å². The fourth-order valence-electron chi connectivity index (χ4n) is 1.33. The van der Waals surface area contributed by atoms with Crippen LogP contribution in [0.4, 0.5) is 0 Å². The molecule has 0 aromatic rings. The third-order valence-corrected chi connectivity index (χ3v) is 1.86. The summed E-state index contributed by atoms with van der Waals surface area (Å²) in [5, 5.41) is 8.05. The number of ether oxygens (including phenoxy) is 1. The standard InChI is InChI=1S/C7H11NO.C2H6/c8-6-9-5-7-3-1-2-4-7;1-2/h7H,1-5H2;1-2H3. The highest BCUT2D eigenvalue weighted by Gasteiger charge is 2.14. The van der Waals surface area contributed by atoms with Gasteiger partial charge in [-0.25, -0.2) is 0 Å². The SMILES string of the molecule is CC.N#COCC1CCCC1. The summed E-state index contributed by atoms with van der Waals surface area (Å²) in [7, 11) is 0. The second-order valence-electron chi connectivity index (χ2n) is 2.55. The Morgan fingerprint density at radius 2 is 1.91 bits per heavy atom. The molecule has 0 amide bonds. The van der Waals surface area contributed by atoms with Crippen LogP contribution in [0, 0.1) is 17.4 Å². The molecule has 2 nitrogen and oxygen atoms in total. The molecule has 11 heavy (non-hydrogen) atoms. The Morgan fingerprint density at radius 1 is 1.36 bits per heavy atom. The number of rotatable bonds is 2. The molecule has 0 aromatic heterocycles. The van der Waals surface area contributed by atoms with E-state index in [1.807, 2.05) is 13.8 Å². The smallest absolute Gasteiger partial charge is 0.286 e. The summed E-state index contributed by atoms with van der Waals surface area (Å²) in [4.78, 5) is 0. The van der Waals surface area contributed by atoms with Crippen molar-refractivity contribution < 1.29 is 4.74 Å². The van der Waals surface area contributed by atoms with Crippen molar-refractivity contribution in [1.82, 2.24) is 0 Å². The molecule has 64 valence electrons. The normalized spacial score (nSPS) is 16.5. The number of hydrogen-bond donors (Lipinski definition) is 0. The van der Waals surface area contributed by atoms with Crippen molar-refractivity contribution in [2.24, 2.45) is 5.92 Å². The van der Waals surface area contributed by atoms with Crippen LogP contribution in [0.1, 0.15) is 39.5 Å². The summed E-state index contributed by atoms with van der Waals surface area (Å²) in [5.41, 5.74) is 0. The average Bonchev–Trinajstić information content (AvgIpc) is 2.57. The van der Waals surface area contributed by atoms with Crippen molar-refractivity contribution in [1.29, 1.82) is 5.26 Å². The highest BCUT2D eigenvalue weighted by Crippen LogP contribution is 2.24. The summed E-state index contributed by atoms with van der Waals surface area (Å²) < 4.78 is 4.62. The van der Waals surface area contributed by atoms with Crippen LogP contribution in [0.3, 0.4) is 0 Å². The van der Waals surface area contributed by atoms with Crippen molar-refractivity contribution in [3.05, 3.63) is 0 Å². The fourth-order valence-corrected chi connectivity index (χ4v) is 1.33. The second kappa shape index (κ2) is 7.40. The lowest BCUT2D eigenvalue weighted by atomic mass is 10.1. The molecule has 0 atom stereocenters. The molecule has 1 aliphatic rings. The Bertz CT molecular complexity index is 111. The molecule has 0 spiro atoms. The lowest BCUT2D eigenvalue weighted by Crippen LogP contribution is -2.01. The van der Waals surface area contributed by atoms with E-state index in [9.17, 15) is 0 Å². The zero-order valence-corrected chi connectivity index (χ0v) is 7.47. The molecule has 0 N–H and O–H groups in total. The van der Waals surface area contributed by atoms with Crippen LogP contribution in [0.2, 0.25) is 0 Å². The van der Waals surface area contributed by atoms with E-state index in [1.165, 1.54) is 25.7 Å². The van der Waals surface area contributed by atoms with Gasteiger partial charge in [0.2, 0.25) is 0 Å². The van der Waals surface area contributed by atoms with Crippen LogP contribution in [0.25, 0.3) is 0 Å². The maximum absolute atomic E-state index is 8.05. The van der Waals surface area contributed by atoms with E-state index >= 15 is 0 Å². The fraction of sp³-hybridized carbons (Fsp3) is 0.889. The topological polar surface area (TPSA) is 33.0 Å². The van der Waals surface area contributed by atoms with Gasteiger partial charge in [-0.15, -0.1) is 0 Å². The van der Waals surface area contributed by atoms with Gasteiger partial charge >= 0.3 is 0 Å². The van der Waals surface area contributed by atoms with Gasteiger partial charge in [0.15, 0.2) is 0 Å². The molecule has 0 aromatic carbocycles. The number of nitrogens with zero attached hydrogens (tertiary/aromatic N) is 1. The van der Waals surface area contributed by atoms with Gasteiger partial charge < -0.3 is 4.74 Å². The minimum Gasteiger partial charge on any atom is -0.427 e. The first-order valence-electron chi connectivity index (χ1n) is 4.44. The van der Waals surface area contributed by atoms with Gasteiger partial charge in [0.1, 0.15) is 6.61 Å². The van der Waals surface area contributed by atoms with Crippen molar-refractivity contribution >= 4 is 0 Å². The van der Waals surface area contributed by atoms with Gasteiger partial charge in [0, 0.05) is 0 Å². The van der Waals surface area contributed by atoms with E-state index in [1.54, 1.807) is 6.26 Å². The molecule has 2 heteroatoms. The lowest BCUT2D eigenvalue weighted by Gasteiger charge is -2.03. The predicted octanol–water partition coefficient (Wildman–Crippen LogP) is 2.70. The highest BCUT2D eigenvalue weighted by molar-refractivity contribution is 4.67. The van der Waals surface area contributed by atoms with Gasteiger partial charge in [-0.2, -0.15) is 5.26 Å². The third-order valence-electron chi connectivity index (χ3n) is 1.86. The Labute approximate surface area is 69.2 Å². The van der Waals surface area contributed by atoms with Gasteiger partial charge in [-0.05, 0) is 18.8 Å². The van der Waals surface area contributed by atoms with E-state index in [4.69, 9.17) is 5.26 Å². The first-order chi connectivity index (χ1) is 5.43. The molecule has 0 unspecified atom stereocenters. The van der Waals surface area contributed by atoms with Crippen molar-refractivity contribution in [2.75, 3.05) is 6.61 Å². The van der Waals surface area contributed by atoms with E-state index < -0.39 is 0 Å². The minimum absolute atomic E-state index is 0.649. The summed E-state index contributed by atoms with van der Waals surface area (Å²) in [5.74, 6) is 0.671. The molecular weight excluding hydrogens is 138 g/mol. The Kier molecular flexibility index (Phi) is 6.92. The molecule has 0 saturated heterocycles. The van der Waals surface area contributed by atoms with Crippen molar-refractivity contribution in [2.45, 2.75) is 39.5 Å². The minimum atomic E-state index is 0.649. The second-order valence-corrected chi connectivity index (χ2v) is 2.55. The summed E-state index contributed by atoms with van der Waals surface area (Å²) >= 11 is 0.